The third-order valence-corrected chi connectivity index (χ3v) is 2.40. The standard InChI is InChI=1S/C14H17N3O3/c1-15-12(19)7-9-17-14(20)13-11(5-2-3-10-18)6-4-8-16-13/h4,6,8,18H,3,7,9-10H2,1H3,(H,15,19)(H,17,20). The third kappa shape index (κ3) is 5.08. The lowest BCUT2D eigenvalue weighted by atomic mass is 10.2. The maximum Gasteiger partial charge on any atom is 0.271 e. The molecule has 0 aliphatic rings. The molecule has 106 valence electrons. The van der Waals surface area contributed by atoms with Gasteiger partial charge in [-0.3, -0.25) is 9.59 Å². The fourth-order valence-corrected chi connectivity index (χ4v) is 1.40. The average Bonchev–Trinajstić information content (AvgIpc) is 2.47. The second-order valence-electron chi connectivity index (χ2n) is 3.85. The fourth-order valence-electron chi connectivity index (χ4n) is 1.40. The van der Waals surface area contributed by atoms with Gasteiger partial charge in [-0.05, 0) is 12.1 Å². The van der Waals surface area contributed by atoms with Crippen LogP contribution in [0.4, 0.5) is 0 Å². The Morgan fingerprint density at radius 2 is 2.25 bits per heavy atom. The van der Waals surface area contributed by atoms with E-state index in [1.807, 2.05) is 0 Å². The van der Waals surface area contributed by atoms with Crippen LogP contribution in [0, 0.1) is 11.8 Å². The topological polar surface area (TPSA) is 91.3 Å². The van der Waals surface area contributed by atoms with Crippen LogP contribution in [0.1, 0.15) is 28.9 Å². The van der Waals surface area contributed by atoms with Crippen molar-refractivity contribution in [1.82, 2.24) is 15.6 Å². The van der Waals surface area contributed by atoms with Gasteiger partial charge in [0.1, 0.15) is 5.69 Å². The van der Waals surface area contributed by atoms with Crippen molar-refractivity contribution < 1.29 is 14.7 Å². The SMILES string of the molecule is CNC(=O)CCNC(=O)c1ncccc1C#CCCO. The Balaban J connectivity index is 2.68. The molecule has 0 fully saturated rings. The van der Waals surface area contributed by atoms with Crippen LogP contribution in [0.5, 0.6) is 0 Å². The molecule has 0 aromatic carbocycles. The summed E-state index contributed by atoms with van der Waals surface area (Å²) in [6.07, 6.45) is 2.05. The highest BCUT2D eigenvalue weighted by atomic mass is 16.2. The Morgan fingerprint density at radius 1 is 1.45 bits per heavy atom. The number of pyridine rings is 1. The molecule has 1 aromatic rings. The monoisotopic (exact) mass is 275 g/mol. The smallest absolute Gasteiger partial charge is 0.271 e. The summed E-state index contributed by atoms with van der Waals surface area (Å²) in [6.45, 7) is 0.208. The summed E-state index contributed by atoms with van der Waals surface area (Å²) < 4.78 is 0. The Labute approximate surface area is 117 Å². The average molecular weight is 275 g/mol. The van der Waals surface area contributed by atoms with Crippen molar-refractivity contribution in [3.8, 4) is 11.8 Å². The molecule has 3 N–H and O–H groups in total. The molecular formula is C14H17N3O3. The highest BCUT2D eigenvalue weighted by molar-refractivity contribution is 5.94. The largest absolute Gasteiger partial charge is 0.395 e. The normalized spacial score (nSPS) is 9.30. The van der Waals surface area contributed by atoms with E-state index in [0.29, 0.717) is 12.0 Å². The number of aliphatic hydroxyl groups excluding tert-OH is 1. The van der Waals surface area contributed by atoms with E-state index in [9.17, 15) is 9.59 Å². The van der Waals surface area contributed by atoms with Gasteiger partial charge < -0.3 is 15.7 Å². The van der Waals surface area contributed by atoms with E-state index in [4.69, 9.17) is 5.11 Å². The van der Waals surface area contributed by atoms with Crippen molar-refractivity contribution >= 4 is 11.8 Å². The van der Waals surface area contributed by atoms with Crippen LogP contribution in [-0.2, 0) is 4.79 Å². The van der Waals surface area contributed by atoms with Crippen LogP contribution in [-0.4, -0.2) is 42.1 Å². The van der Waals surface area contributed by atoms with Crippen molar-refractivity contribution in [3.05, 3.63) is 29.6 Å². The summed E-state index contributed by atoms with van der Waals surface area (Å²) in [7, 11) is 1.54. The van der Waals surface area contributed by atoms with Gasteiger partial charge in [-0.1, -0.05) is 11.8 Å². The molecule has 1 heterocycles. The molecule has 1 aromatic heterocycles. The highest BCUT2D eigenvalue weighted by Crippen LogP contribution is 2.03. The quantitative estimate of drug-likeness (QED) is 0.642. The van der Waals surface area contributed by atoms with Crippen LogP contribution in [0.3, 0.4) is 0 Å². The second kappa shape index (κ2) is 8.67. The van der Waals surface area contributed by atoms with Crippen LogP contribution in [0.15, 0.2) is 18.3 Å². The first-order chi connectivity index (χ1) is 9.69. The van der Waals surface area contributed by atoms with E-state index in [2.05, 4.69) is 27.5 Å². The first-order valence-electron chi connectivity index (χ1n) is 6.22. The minimum absolute atomic E-state index is 0.0269. The molecule has 0 bridgehead atoms. The number of amides is 2. The Kier molecular flexibility index (Phi) is 6.79. The van der Waals surface area contributed by atoms with Crippen LogP contribution in [0.25, 0.3) is 0 Å². The zero-order chi connectivity index (χ0) is 14.8. The molecule has 0 unspecified atom stereocenters. The van der Waals surface area contributed by atoms with Crippen LogP contribution >= 0.6 is 0 Å². The fraction of sp³-hybridized carbons (Fsp3) is 0.357. The molecule has 0 spiro atoms. The van der Waals surface area contributed by atoms with E-state index < -0.39 is 0 Å². The van der Waals surface area contributed by atoms with E-state index in [1.54, 1.807) is 12.1 Å². The first kappa shape index (κ1) is 15.7. The minimum Gasteiger partial charge on any atom is -0.395 e. The number of carbonyl (C=O) groups is 2. The summed E-state index contributed by atoms with van der Waals surface area (Å²) in [5, 5.41) is 13.8. The molecule has 0 radical (unpaired) electrons. The number of hydrogen-bond donors (Lipinski definition) is 3. The number of carbonyl (C=O) groups excluding carboxylic acids is 2. The molecular weight excluding hydrogens is 258 g/mol. The molecule has 0 atom stereocenters. The van der Waals surface area contributed by atoms with Gasteiger partial charge in [-0.25, -0.2) is 4.98 Å². The Hall–Kier alpha value is -2.39. The van der Waals surface area contributed by atoms with Gasteiger partial charge in [0, 0.05) is 32.6 Å². The van der Waals surface area contributed by atoms with Crippen molar-refractivity contribution in [2.75, 3.05) is 20.2 Å². The highest BCUT2D eigenvalue weighted by Gasteiger charge is 2.11. The van der Waals surface area contributed by atoms with Crippen molar-refractivity contribution in [1.29, 1.82) is 0 Å². The maximum absolute atomic E-state index is 11.9. The molecule has 6 heteroatoms. The molecule has 0 saturated carbocycles. The zero-order valence-corrected chi connectivity index (χ0v) is 11.3. The predicted octanol–water partition coefficient (Wildman–Crippen LogP) is -0.319. The second-order valence-corrected chi connectivity index (χ2v) is 3.85. The predicted molar refractivity (Wildman–Crippen MR) is 73.8 cm³/mol. The summed E-state index contributed by atoms with van der Waals surface area (Å²) in [5.74, 6) is 5.02. The van der Waals surface area contributed by atoms with Gasteiger partial charge in [-0.2, -0.15) is 0 Å². The third-order valence-electron chi connectivity index (χ3n) is 2.40. The van der Waals surface area contributed by atoms with Gasteiger partial charge in [0.25, 0.3) is 5.91 Å². The number of rotatable bonds is 5. The lowest BCUT2D eigenvalue weighted by Gasteiger charge is -2.05. The number of nitrogens with one attached hydrogen (secondary N) is 2. The molecule has 20 heavy (non-hydrogen) atoms. The van der Waals surface area contributed by atoms with E-state index in [1.165, 1.54) is 13.2 Å². The van der Waals surface area contributed by atoms with Gasteiger partial charge in [-0.15, -0.1) is 0 Å². The molecule has 2 amide bonds. The van der Waals surface area contributed by atoms with Gasteiger partial charge in [0.15, 0.2) is 0 Å². The van der Waals surface area contributed by atoms with Crippen molar-refractivity contribution in [2.24, 2.45) is 0 Å². The summed E-state index contributed by atoms with van der Waals surface area (Å²) in [6, 6.07) is 3.37. The van der Waals surface area contributed by atoms with E-state index in [0.717, 1.165) is 0 Å². The van der Waals surface area contributed by atoms with Gasteiger partial charge in [0.05, 0.1) is 12.2 Å². The van der Waals surface area contributed by atoms with Crippen molar-refractivity contribution in [3.63, 3.8) is 0 Å². The first-order valence-corrected chi connectivity index (χ1v) is 6.22. The van der Waals surface area contributed by atoms with Gasteiger partial charge >= 0.3 is 0 Å². The molecule has 1 rings (SSSR count). The zero-order valence-electron chi connectivity index (χ0n) is 11.3. The number of nitrogens with zero attached hydrogens (tertiary/aromatic N) is 1. The van der Waals surface area contributed by atoms with E-state index >= 15 is 0 Å². The molecule has 0 saturated heterocycles. The maximum atomic E-state index is 11.9. The van der Waals surface area contributed by atoms with Crippen molar-refractivity contribution in [2.45, 2.75) is 12.8 Å². The summed E-state index contributed by atoms with van der Waals surface area (Å²) in [4.78, 5) is 27.0. The van der Waals surface area contributed by atoms with Crippen LogP contribution in [0.2, 0.25) is 0 Å². The minimum atomic E-state index is -0.372. The number of aliphatic hydroxyl groups is 1. The number of aromatic nitrogens is 1. The summed E-state index contributed by atoms with van der Waals surface area (Å²) in [5.41, 5.74) is 0.716. The molecule has 0 aliphatic heterocycles. The number of hydrogen-bond acceptors (Lipinski definition) is 4. The molecule has 6 nitrogen and oxygen atoms in total. The van der Waals surface area contributed by atoms with Crippen LogP contribution < -0.4 is 10.6 Å². The van der Waals surface area contributed by atoms with Gasteiger partial charge in [0.2, 0.25) is 5.91 Å². The lowest BCUT2D eigenvalue weighted by Crippen LogP contribution is -2.30. The molecule has 0 aliphatic carbocycles. The Morgan fingerprint density at radius 3 is 2.95 bits per heavy atom. The Bertz CT molecular complexity index is 532. The lowest BCUT2D eigenvalue weighted by molar-refractivity contribution is -0.120. The summed E-state index contributed by atoms with van der Waals surface area (Å²) >= 11 is 0. The van der Waals surface area contributed by atoms with E-state index in [-0.39, 0.29) is 37.1 Å².